The molecule has 6 rings (SSSR count). The van der Waals surface area contributed by atoms with Crippen molar-refractivity contribution < 1.29 is 4.79 Å². The summed E-state index contributed by atoms with van der Waals surface area (Å²) in [6.07, 6.45) is 16.1. The fourth-order valence-electron chi connectivity index (χ4n) is 6.01. The summed E-state index contributed by atoms with van der Waals surface area (Å²) < 4.78 is 0. The summed E-state index contributed by atoms with van der Waals surface area (Å²) in [5.74, 6) is 3.35. The molecule has 1 amide bonds. The fourth-order valence-corrected chi connectivity index (χ4v) is 6.01. The molecule has 4 heterocycles. The minimum atomic E-state index is 0.0550. The third-order valence-electron chi connectivity index (χ3n) is 8.21. The Balaban J connectivity index is 1.32. The summed E-state index contributed by atoms with van der Waals surface area (Å²) in [5.41, 5.74) is 3.12. The number of aromatic nitrogens is 4. The van der Waals surface area contributed by atoms with Crippen molar-refractivity contribution in [2.75, 3.05) is 23.3 Å². The average Bonchev–Trinajstić information content (AvgIpc) is 3.78. The molecule has 8 nitrogen and oxygen atoms in total. The Morgan fingerprint density at radius 2 is 1.79 bits per heavy atom. The van der Waals surface area contributed by atoms with E-state index in [1.807, 2.05) is 38.5 Å². The SMILES string of the molecule is CC(C)NC(=O)C1CCN(c2nc(-c3ccnc(NC4CCCCC4)c3)nc3cncc(C4CC4)c23)CC1. The van der Waals surface area contributed by atoms with Crippen molar-refractivity contribution in [3.8, 4) is 11.4 Å². The van der Waals surface area contributed by atoms with Crippen LogP contribution in [-0.2, 0) is 4.79 Å². The van der Waals surface area contributed by atoms with Gasteiger partial charge in [0.2, 0.25) is 5.91 Å². The fraction of sp³-hybridized carbons (Fsp3) is 0.567. The number of anilines is 2. The van der Waals surface area contributed by atoms with E-state index in [2.05, 4.69) is 31.6 Å². The van der Waals surface area contributed by atoms with Crippen molar-refractivity contribution in [1.82, 2.24) is 25.3 Å². The molecule has 1 aliphatic heterocycles. The monoisotopic (exact) mass is 513 g/mol. The molecule has 0 spiro atoms. The lowest BCUT2D eigenvalue weighted by Crippen LogP contribution is -2.42. The van der Waals surface area contributed by atoms with E-state index in [0.717, 1.165) is 54.0 Å². The average molecular weight is 514 g/mol. The number of hydrogen-bond donors (Lipinski definition) is 2. The first-order valence-corrected chi connectivity index (χ1v) is 14.5. The van der Waals surface area contributed by atoms with Gasteiger partial charge >= 0.3 is 0 Å². The lowest BCUT2D eigenvalue weighted by molar-refractivity contribution is -0.126. The van der Waals surface area contributed by atoms with Gasteiger partial charge in [-0.2, -0.15) is 0 Å². The van der Waals surface area contributed by atoms with Crippen molar-refractivity contribution in [3.63, 3.8) is 0 Å². The van der Waals surface area contributed by atoms with E-state index in [1.165, 1.54) is 50.5 Å². The third kappa shape index (κ3) is 5.45. The predicted molar refractivity (Wildman–Crippen MR) is 151 cm³/mol. The van der Waals surface area contributed by atoms with Crippen molar-refractivity contribution in [1.29, 1.82) is 0 Å². The third-order valence-corrected chi connectivity index (χ3v) is 8.21. The van der Waals surface area contributed by atoms with Crippen molar-refractivity contribution in [2.45, 2.75) is 89.6 Å². The molecule has 0 bridgehead atoms. The van der Waals surface area contributed by atoms with Crippen LogP contribution in [0.2, 0.25) is 0 Å². The molecule has 0 unspecified atom stereocenters. The van der Waals surface area contributed by atoms with E-state index >= 15 is 0 Å². The Morgan fingerprint density at radius 1 is 1.00 bits per heavy atom. The highest BCUT2D eigenvalue weighted by Crippen LogP contribution is 2.45. The number of nitrogens with one attached hydrogen (secondary N) is 2. The number of piperidine rings is 1. The summed E-state index contributed by atoms with van der Waals surface area (Å²) in [5, 5.41) is 7.86. The Kier molecular flexibility index (Phi) is 7.13. The van der Waals surface area contributed by atoms with Crippen LogP contribution in [0.4, 0.5) is 11.6 Å². The lowest BCUT2D eigenvalue weighted by atomic mass is 9.95. The van der Waals surface area contributed by atoms with Gasteiger partial charge in [-0.25, -0.2) is 15.0 Å². The van der Waals surface area contributed by atoms with Gasteiger partial charge in [-0.3, -0.25) is 9.78 Å². The van der Waals surface area contributed by atoms with Crippen molar-refractivity contribution in [2.24, 2.45) is 5.92 Å². The quantitative estimate of drug-likeness (QED) is 0.434. The Labute approximate surface area is 225 Å². The molecule has 38 heavy (non-hydrogen) atoms. The molecule has 3 fully saturated rings. The van der Waals surface area contributed by atoms with Crippen molar-refractivity contribution in [3.05, 3.63) is 36.3 Å². The number of hydrogen-bond acceptors (Lipinski definition) is 7. The minimum absolute atomic E-state index is 0.0550. The zero-order valence-electron chi connectivity index (χ0n) is 22.6. The first-order valence-electron chi connectivity index (χ1n) is 14.5. The van der Waals surface area contributed by atoms with Gasteiger partial charge in [0.15, 0.2) is 5.82 Å². The van der Waals surface area contributed by atoms with Crippen LogP contribution in [0, 0.1) is 5.92 Å². The second-order valence-electron chi connectivity index (χ2n) is 11.6. The molecule has 8 heteroatoms. The summed E-state index contributed by atoms with van der Waals surface area (Å²) >= 11 is 0. The van der Waals surface area contributed by atoms with Crippen LogP contribution in [0.3, 0.4) is 0 Å². The molecule has 3 aromatic rings. The number of amides is 1. The van der Waals surface area contributed by atoms with Crippen LogP contribution in [0.15, 0.2) is 30.7 Å². The van der Waals surface area contributed by atoms with E-state index in [4.69, 9.17) is 9.97 Å². The number of rotatable bonds is 7. The molecule has 1 saturated heterocycles. The Bertz CT molecular complexity index is 1290. The van der Waals surface area contributed by atoms with Crippen LogP contribution in [0.5, 0.6) is 0 Å². The van der Waals surface area contributed by atoms with Crippen LogP contribution in [0.1, 0.15) is 83.1 Å². The van der Waals surface area contributed by atoms with Crippen LogP contribution >= 0.6 is 0 Å². The lowest BCUT2D eigenvalue weighted by Gasteiger charge is -2.33. The molecule has 0 atom stereocenters. The molecule has 0 radical (unpaired) electrons. The highest BCUT2D eigenvalue weighted by atomic mass is 16.1. The summed E-state index contributed by atoms with van der Waals surface area (Å²) in [6, 6.07) is 4.73. The van der Waals surface area contributed by atoms with Crippen LogP contribution < -0.4 is 15.5 Å². The van der Waals surface area contributed by atoms with Gasteiger partial charge in [0.1, 0.15) is 11.6 Å². The van der Waals surface area contributed by atoms with Gasteiger partial charge in [-0.1, -0.05) is 19.3 Å². The number of carbonyl (C=O) groups is 1. The largest absolute Gasteiger partial charge is 0.367 e. The summed E-state index contributed by atoms with van der Waals surface area (Å²) in [7, 11) is 0. The molecular formula is C30H39N7O. The predicted octanol–water partition coefficient (Wildman–Crippen LogP) is 5.45. The van der Waals surface area contributed by atoms with Gasteiger partial charge in [-0.15, -0.1) is 0 Å². The summed E-state index contributed by atoms with van der Waals surface area (Å²) in [4.78, 5) is 34.4. The first-order chi connectivity index (χ1) is 18.5. The molecule has 2 aliphatic carbocycles. The topological polar surface area (TPSA) is 95.9 Å². The maximum atomic E-state index is 12.7. The van der Waals surface area contributed by atoms with Gasteiger partial charge < -0.3 is 15.5 Å². The van der Waals surface area contributed by atoms with Crippen LogP contribution in [0.25, 0.3) is 22.3 Å². The number of pyridine rings is 2. The van der Waals surface area contributed by atoms with Crippen LogP contribution in [-0.4, -0.2) is 51.0 Å². The maximum absolute atomic E-state index is 12.7. The highest BCUT2D eigenvalue weighted by molar-refractivity contribution is 5.94. The number of carbonyl (C=O) groups excluding carboxylic acids is 1. The first kappa shape index (κ1) is 25.0. The second-order valence-corrected chi connectivity index (χ2v) is 11.6. The molecule has 3 aliphatic rings. The Morgan fingerprint density at radius 3 is 2.53 bits per heavy atom. The smallest absolute Gasteiger partial charge is 0.223 e. The Hall–Kier alpha value is -3.29. The zero-order valence-corrected chi connectivity index (χ0v) is 22.6. The van der Waals surface area contributed by atoms with E-state index < -0.39 is 0 Å². The second kappa shape index (κ2) is 10.8. The highest BCUT2D eigenvalue weighted by Gasteiger charge is 2.31. The molecular weight excluding hydrogens is 474 g/mol. The van der Waals surface area contributed by atoms with E-state index in [0.29, 0.717) is 17.8 Å². The van der Waals surface area contributed by atoms with Gasteiger partial charge in [-0.05, 0) is 76.0 Å². The van der Waals surface area contributed by atoms with Gasteiger partial charge in [0.05, 0.1) is 11.7 Å². The molecule has 2 N–H and O–H groups in total. The maximum Gasteiger partial charge on any atom is 0.223 e. The van der Waals surface area contributed by atoms with Gasteiger partial charge in [0.25, 0.3) is 0 Å². The minimum Gasteiger partial charge on any atom is -0.367 e. The summed E-state index contributed by atoms with van der Waals surface area (Å²) in [6.45, 7) is 5.65. The zero-order chi connectivity index (χ0) is 26.1. The van der Waals surface area contributed by atoms with Gasteiger partial charge in [0, 0.05) is 54.4 Å². The standard InChI is InChI=1S/C30H39N7O/c1-19(2)33-30(38)21-11-14-37(15-12-21)29-27-24(20-8-9-20)17-31-18-25(27)35-28(36-29)22-10-13-32-26(16-22)34-23-6-4-3-5-7-23/h10,13,16-21,23H,3-9,11-12,14-15H2,1-2H3,(H,32,34)(H,33,38). The molecule has 200 valence electrons. The number of nitrogens with zero attached hydrogens (tertiary/aromatic N) is 5. The van der Waals surface area contributed by atoms with E-state index in [-0.39, 0.29) is 17.9 Å². The van der Waals surface area contributed by atoms with E-state index in [9.17, 15) is 4.79 Å². The molecule has 0 aromatic carbocycles. The molecule has 3 aromatic heterocycles. The van der Waals surface area contributed by atoms with Crippen molar-refractivity contribution >= 4 is 28.4 Å². The molecule has 2 saturated carbocycles. The van der Waals surface area contributed by atoms with E-state index in [1.54, 1.807) is 0 Å². The number of fused-ring (bicyclic) bond motifs is 1. The normalized spacial score (nSPS) is 19.2.